The SMILES string of the molecule is CC(CC(=O)O)n1nnnc1C1CCOCC1. The van der Waals surface area contributed by atoms with Crippen LogP contribution in [0.15, 0.2) is 0 Å². The Labute approximate surface area is 98.8 Å². The van der Waals surface area contributed by atoms with E-state index in [9.17, 15) is 4.79 Å². The van der Waals surface area contributed by atoms with Crippen LogP contribution in [0, 0.1) is 0 Å². The molecule has 7 heteroatoms. The molecule has 1 fully saturated rings. The van der Waals surface area contributed by atoms with Crippen molar-refractivity contribution < 1.29 is 14.6 Å². The van der Waals surface area contributed by atoms with Crippen molar-refractivity contribution >= 4 is 5.97 Å². The van der Waals surface area contributed by atoms with Gasteiger partial charge in [0.1, 0.15) is 0 Å². The first-order valence-corrected chi connectivity index (χ1v) is 5.75. The first-order valence-electron chi connectivity index (χ1n) is 5.75. The molecule has 0 radical (unpaired) electrons. The van der Waals surface area contributed by atoms with Gasteiger partial charge >= 0.3 is 5.97 Å². The molecule has 0 saturated carbocycles. The first kappa shape index (κ1) is 12.0. The topological polar surface area (TPSA) is 90.1 Å². The standard InChI is InChI=1S/C10H16N4O3/c1-7(6-9(15)16)14-10(11-12-13-14)8-2-4-17-5-3-8/h7-8H,2-6H2,1H3,(H,15,16). The lowest BCUT2D eigenvalue weighted by atomic mass is 9.99. The number of nitrogens with zero attached hydrogens (tertiary/aromatic N) is 4. The highest BCUT2D eigenvalue weighted by molar-refractivity contribution is 5.67. The van der Waals surface area contributed by atoms with Crippen LogP contribution >= 0.6 is 0 Å². The minimum atomic E-state index is -0.842. The highest BCUT2D eigenvalue weighted by Crippen LogP contribution is 2.26. The molecule has 0 aliphatic carbocycles. The van der Waals surface area contributed by atoms with Crippen molar-refractivity contribution in [1.29, 1.82) is 0 Å². The normalized spacial score (nSPS) is 19.1. The van der Waals surface area contributed by atoms with Gasteiger partial charge in [0, 0.05) is 19.1 Å². The number of ether oxygens (including phenoxy) is 1. The molecule has 1 saturated heterocycles. The Bertz CT molecular complexity index is 387. The van der Waals surface area contributed by atoms with Crippen molar-refractivity contribution in [3.63, 3.8) is 0 Å². The molecule has 94 valence electrons. The number of tetrazole rings is 1. The van der Waals surface area contributed by atoms with Crippen molar-refractivity contribution in [2.75, 3.05) is 13.2 Å². The summed E-state index contributed by atoms with van der Waals surface area (Å²) in [4.78, 5) is 10.7. The van der Waals surface area contributed by atoms with Crippen LogP contribution in [0.1, 0.15) is 44.0 Å². The summed E-state index contributed by atoms with van der Waals surface area (Å²) >= 11 is 0. The Balaban J connectivity index is 2.12. The van der Waals surface area contributed by atoms with Crippen LogP contribution in [-0.4, -0.2) is 44.5 Å². The number of carboxylic acids is 1. The molecule has 1 N–H and O–H groups in total. The average molecular weight is 240 g/mol. The van der Waals surface area contributed by atoms with Crippen LogP contribution in [0.3, 0.4) is 0 Å². The summed E-state index contributed by atoms with van der Waals surface area (Å²) in [5.41, 5.74) is 0. The molecule has 1 aliphatic heterocycles. The predicted molar refractivity (Wildman–Crippen MR) is 57.6 cm³/mol. The van der Waals surface area contributed by atoms with Crippen LogP contribution in [-0.2, 0) is 9.53 Å². The maximum Gasteiger partial charge on any atom is 0.305 e. The Morgan fingerprint density at radius 1 is 1.59 bits per heavy atom. The van der Waals surface area contributed by atoms with Gasteiger partial charge in [0.25, 0.3) is 0 Å². The smallest absolute Gasteiger partial charge is 0.305 e. The fourth-order valence-electron chi connectivity index (χ4n) is 2.08. The van der Waals surface area contributed by atoms with Crippen LogP contribution in [0.5, 0.6) is 0 Å². The summed E-state index contributed by atoms with van der Waals surface area (Å²) in [6.07, 6.45) is 1.81. The van der Waals surface area contributed by atoms with E-state index in [1.54, 1.807) is 4.68 Å². The molecule has 0 amide bonds. The number of carboxylic acid groups (broad SMARTS) is 1. The summed E-state index contributed by atoms with van der Waals surface area (Å²) in [5, 5.41) is 20.4. The number of rotatable bonds is 4. The third kappa shape index (κ3) is 2.79. The van der Waals surface area contributed by atoms with E-state index < -0.39 is 5.97 Å². The lowest BCUT2D eigenvalue weighted by Crippen LogP contribution is -2.21. The molecule has 0 spiro atoms. The second-order valence-electron chi connectivity index (χ2n) is 4.32. The summed E-state index contributed by atoms with van der Waals surface area (Å²) in [5.74, 6) is 0.211. The Morgan fingerprint density at radius 3 is 2.94 bits per heavy atom. The number of aromatic nitrogens is 4. The van der Waals surface area contributed by atoms with Gasteiger partial charge < -0.3 is 9.84 Å². The molecule has 0 aromatic carbocycles. The van der Waals surface area contributed by atoms with E-state index in [0.29, 0.717) is 13.2 Å². The molecular weight excluding hydrogens is 224 g/mol. The van der Waals surface area contributed by atoms with Gasteiger partial charge in [-0.15, -0.1) is 5.10 Å². The maximum atomic E-state index is 10.7. The van der Waals surface area contributed by atoms with Gasteiger partial charge in [-0.3, -0.25) is 4.79 Å². The zero-order valence-electron chi connectivity index (χ0n) is 9.74. The van der Waals surface area contributed by atoms with Crippen LogP contribution in [0.25, 0.3) is 0 Å². The lowest BCUT2D eigenvalue weighted by Gasteiger charge is -2.22. The fourth-order valence-corrected chi connectivity index (χ4v) is 2.08. The largest absolute Gasteiger partial charge is 0.481 e. The van der Waals surface area contributed by atoms with Gasteiger partial charge in [-0.1, -0.05) is 0 Å². The Kier molecular flexibility index (Phi) is 3.68. The number of hydrogen-bond donors (Lipinski definition) is 1. The molecular formula is C10H16N4O3. The Morgan fingerprint density at radius 2 is 2.29 bits per heavy atom. The van der Waals surface area contributed by atoms with Gasteiger partial charge in [-0.05, 0) is 30.2 Å². The molecule has 0 bridgehead atoms. The molecule has 2 rings (SSSR count). The van der Waals surface area contributed by atoms with E-state index in [2.05, 4.69) is 15.5 Å². The number of aliphatic carboxylic acids is 1. The van der Waals surface area contributed by atoms with Crippen LogP contribution < -0.4 is 0 Å². The van der Waals surface area contributed by atoms with Crippen molar-refractivity contribution in [1.82, 2.24) is 20.2 Å². The van der Waals surface area contributed by atoms with E-state index in [-0.39, 0.29) is 18.4 Å². The Hall–Kier alpha value is -1.50. The lowest BCUT2D eigenvalue weighted by molar-refractivity contribution is -0.137. The van der Waals surface area contributed by atoms with Gasteiger partial charge in [0.05, 0.1) is 12.5 Å². The monoisotopic (exact) mass is 240 g/mol. The third-order valence-electron chi connectivity index (χ3n) is 2.99. The van der Waals surface area contributed by atoms with E-state index in [4.69, 9.17) is 9.84 Å². The van der Waals surface area contributed by atoms with Crippen LogP contribution in [0.2, 0.25) is 0 Å². The first-order chi connectivity index (χ1) is 8.18. The quantitative estimate of drug-likeness (QED) is 0.828. The molecule has 17 heavy (non-hydrogen) atoms. The van der Waals surface area contributed by atoms with E-state index in [0.717, 1.165) is 18.7 Å². The van der Waals surface area contributed by atoms with Gasteiger partial charge in [-0.2, -0.15) is 0 Å². The fraction of sp³-hybridized carbons (Fsp3) is 0.800. The second-order valence-corrected chi connectivity index (χ2v) is 4.32. The second kappa shape index (κ2) is 5.22. The zero-order chi connectivity index (χ0) is 12.3. The summed E-state index contributed by atoms with van der Waals surface area (Å²) in [6.45, 7) is 3.24. The molecule has 1 aliphatic rings. The van der Waals surface area contributed by atoms with Crippen molar-refractivity contribution in [2.24, 2.45) is 0 Å². The van der Waals surface area contributed by atoms with Gasteiger partial charge in [0.2, 0.25) is 0 Å². The molecule has 1 unspecified atom stereocenters. The van der Waals surface area contributed by atoms with E-state index in [1.807, 2.05) is 6.92 Å². The molecule has 1 aromatic heterocycles. The van der Waals surface area contributed by atoms with Gasteiger partial charge in [-0.25, -0.2) is 4.68 Å². The summed E-state index contributed by atoms with van der Waals surface area (Å²) < 4.78 is 6.92. The highest BCUT2D eigenvalue weighted by Gasteiger charge is 2.24. The van der Waals surface area contributed by atoms with E-state index >= 15 is 0 Å². The molecule has 1 atom stereocenters. The van der Waals surface area contributed by atoms with E-state index in [1.165, 1.54) is 0 Å². The highest BCUT2D eigenvalue weighted by atomic mass is 16.5. The van der Waals surface area contributed by atoms with Crippen LogP contribution in [0.4, 0.5) is 0 Å². The van der Waals surface area contributed by atoms with Gasteiger partial charge in [0.15, 0.2) is 5.82 Å². The third-order valence-corrected chi connectivity index (χ3v) is 2.99. The minimum absolute atomic E-state index is 0.0290. The van der Waals surface area contributed by atoms with Crippen molar-refractivity contribution in [2.45, 2.75) is 38.1 Å². The summed E-state index contributed by atoms with van der Waals surface area (Å²) in [7, 11) is 0. The number of hydrogen-bond acceptors (Lipinski definition) is 5. The predicted octanol–water partition coefficient (Wildman–Crippen LogP) is 0.603. The average Bonchev–Trinajstić information content (AvgIpc) is 2.78. The minimum Gasteiger partial charge on any atom is -0.481 e. The van der Waals surface area contributed by atoms with Crippen molar-refractivity contribution in [3.05, 3.63) is 5.82 Å². The molecule has 7 nitrogen and oxygen atoms in total. The molecule has 2 heterocycles. The zero-order valence-corrected chi connectivity index (χ0v) is 9.74. The maximum absolute atomic E-state index is 10.7. The molecule has 1 aromatic rings. The number of carbonyl (C=O) groups is 1. The van der Waals surface area contributed by atoms with Crippen molar-refractivity contribution in [3.8, 4) is 0 Å². The summed E-state index contributed by atoms with van der Waals surface area (Å²) in [6, 6.07) is -0.222.